The maximum Gasteiger partial charge on any atom is 0.245 e. The number of rotatable bonds is 5. The molecule has 0 N–H and O–H groups in total. The molecule has 2 aromatic rings. The van der Waals surface area contributed by atoms with E-state index in [2.05, 4.69) is 10.00 Å². The monoisotopic (exact) mass is 382 g/mol. The molecule has 6 nitrogen and oxygen atoms in total. The Morgan fingerprint density at radius 2 is 2.04 bits per heavy atom. The van der Waals surface area contributed by atoms with Gasteiger partial charge in [-0.1, -0.05) is 23.7 Å². The molecule has 1 aromatic carbocycles. The average Bonchev–Trinajstić information content (AvgIpc) is 3.15. The van der Waals surface area contributed by atoms with Crippen molar-refractivity contribution in [2.75, 3.05) is 20.6 Å². The molecule has 1 unspecified atom stereocenters. The normalized spacial score (nSPS) is 19.0. The molecule has 0 bridgehead atoms. The van der Waals surface area contributed by atoms with Crippen molar-refractivity contribution in [1.82, 2.24) is 19.0 Å². The van der Waals surface area contributed by atoms with Gasteiger partial charge in [0.1, 0.15) is 4.90 Å². The summed E-state index contributed by atoms with van der Waals surface area (Å²) in [6.45, 7) is 1.24. The van der Waals surface area contributed by atoms with Crippen molar-refractivity contribution < 1.29 is 8.42 Å². The molecule has 0 radical (unpaired) electrons. The predicted molar refractivity (Wildman–Crippen MR) is 97.9 cm³/mol. The number of aryl methyl sites for hydroxylation is 1. The minimum Gasteiger partial charge on any atom is -0.304 e. The van der Waals surface area contributed by atoms with Crippen molar-refractivity contribution in [3.8, 4) is 0 Å². The fourth-order valence-corrected chi connectivity index (χ4v) is 5.43. The Balaban J connectivity index is 1.95. The molecule has 0 saturated carbocycles. The molecule has 1 saturated heterocycles. The van der Waals surface area contributed by atoms with Gasteiger partial charge in [-0.15, -0.1) is 0 Å². The average molecular weight is 383 g/mol. The van der Waals surface area contributed by atoms with Crippen molar-refractivity contribution in [3.63, 3.8) is 0 Å². The maximum atomic E-state index is 13.1. The van der Waals surface area contributed by atoms with Crippen molar-refractivity contribution in [3.05, 3.63) is 46.7 Å². The van der Waals surface area contributed by atoms with E-state index in [-0.39, 0.29) is 16.0 Å². The third-order valence-electron chi connectivity index (χ3n) is 4.44. The van der Waals surface area contributed by atoms with E-state index in [0.717, 1.165) is 30.8 Å². The van der Waals surface area contributed by atoms with Crippen LogP contribution >= 0.6 is 11.6 Å². The minimum atomic E-state index is -3.65. The lowest BCUT2D eigenvalue weighted by molar-refractivity contribution is 0.384. The highest BCUT2D eigenvalue weighted by Gasteiger charge is 2.38. The highest BCUT2D eigenvalue weighted by Crippen LogP contribution is 2.37. The summed E-state index contributed by atoms with van der Waals surface area (Å²) in [5.74, 6) is 0. The second-order valence-corrected chi connectivity index (χ2v) is 8.89. The van der Waals surface area contributed by atoms with Crippen molar-refractivity contribution in [2.24, 2.45) is 7.05 Å². The van der Waals surface area contributed by atoms with Crippen LogP contribution < -0.4 is 0 Å². The Labute approximate surface area is 154 Å². The summed E-state index contributed by atoms with van der Waals surface area (Å²) < 4.78 is 29.6. The molecular weight excluding hydrogens is 360 g/mol. The first-order valence-corrected chi connectivity index (χ1v) is 10.1. The number of hydrogen-bond donors (Lipinski definition) is 0. The smallest absolute Gasteiger partial charge is 0.245 e. The first kappa shape index (κ1) is 18.4. The Morgan fingerprint density at radius 1 is 1.32 bits per heavy atom. The number of nitrogens with zero attached hydrogens (tertiary/aromatic N) is 4. The van der Waals surface area contributed by atoms with Gasteiger partial charge in [0.05, 0.1) is 22.5 Å². The van der Waals surface area contributed by atoms with Crippen LogP contribution in [-0.4, -0.2) is 48.0 Å². The zero-order chi connectivity index (χ0) is 18.2. The summed E-state index contributed by atoms with van der Waals surface area (Å²) >= 11 is 6.14. The zero-order valence-electron chi connectivity index (χ0n) is 14.7. The van der Waals surface area contributed by atoms with E-state index in [9.17, 15) is 8.42 Å². The van der Waals surface area contributed by atoms with E-state index >= 15 is 0 Å². The molecule has 1 fully saturated rings. The number of benzene rings is 1. The van der Waals surface area contributed by atoms with Gasteiger partial charge >= 0.3 is 0 Å². The SMILES string of the molecule is CN(C)Cc1cc(C2CCCN2S(=O)(=O)c2ccccc2Cl)nn1C. The van der Waals surface area contributed by atoms with Crippen LogP contribution in [0.1, 0.15) is 30.3 Å². The van der Waals surface area contributed by atoms with Crippen LogP contribution in [0.4, 0.5) is 0 Å². The molecule has 1 atom stereocenters. The van der Waals surface area contributed by atoms with Gasteiger partial charge in [0.15, 0.2) is 0 Å². The summed E-state index contributed by atoms with van der Waals surface area (Å²) in [7, 11) is 2.23. The largest absolute Gasteiger partial charge is 0.304 e. The van der Waals surface area contributed by atoms with Gasteiger partial charge in [-0.2, -0.15) is 9.40 Å². The third kappa shape index (κ3) is 3.60. The molecular formula is C17H23ClN4O2S. The topological polar surface area (TPSA) is 58.4 Å². The van der Waals surface area contributed by atoms with Gasteiger partial charge in [0.2, 0.25) is 10.0 Å². The van der Waals surface area contributed by atoms with E-state index in [0.29, 0.717) is 6.54 Å². The number of aromatic nitrogens is 2. The van der Waals surface area contributed by atoms with Crippen LogP contribution in [0.15, 0.2) is 35.2 Å². The lowest BCUT2D eigenvalue weighted by atomic mass is 10.1. The van der Waals surface area contributed by atoms with E-state index in [1.807, 2.05) is 31.9 Å². The van der Waals surface area contributed by atoms with E-state index < -0.39 is 10.0 Å². The number of hydrogen-bond acceptors (Lipinski definition) is 4. The molecule has 1 aliphatic heterocycles. The number of sulfonamides is 1. The standard InChI is InChI=1S/C17H23ClN4O2S/c1-20(2)12-13-11-15(19-21(13)3)16-8-6-10-22(16)25(23,24)17-9-5-4-7-14(17)18/h4-5,7,9,11,16H,6,8,10,12H2,1-3H3. The van der Waals surface area contributed by atoms with Crippen LogP contribution in [0.25, 0.3) is 0 Å². The Kier molecular flexibility index (Phi) is 5.20. The first-order chi connectivity index (χ1) is 11.8. The molecule has 2 heterocycles. The molecule has 1 aromatic heterocycles. The molecule has 3 rings (SSSR count). The van der Waals surface area contributed by atoms with Crippen molar-refractivity contribution >= 4 is 21.6 Å². The second kappa shape index (κ2) is 7.07. The summed E-state index contributed by atoms with van der Waals surface area (Å²) in [5.41, 5.74) is 1.86. The fourth-order valence-electron chi connectivity index (χ4n) is 3.27. The summed E-state index contributed by atoms with van der Waals surface area (Å²) in [6.07, 6.45) is 1.58. The van der Waals surface area contributed by atoms with Gasteiger partial charge in [0, 0.05) is 20.1 Å². The molecule has 8 heteroatoms. The van der Waals surface area contributed by atoms with Gasteiger partial charge in [-0.05, 0) is 45.1 Å². The van der Waals surface area contributed by atoms with E-state index in [1.54, 1.807) is 24.3 Å². The lowest BCUT2D eigenvalue weighted by Gasteiger charge is -2.23. The van der Waals surface area contributed by atoms with Gasteiger partial charge in [0.25, 0.3) is 0 Å². The van der Waals surface area contributed by atoms with Gasteiger partial charge < -0.3 is 4.90 Å². The first-order valence-electron chi connectivity index (χ1n) is 8.24. The summed E-state index contributed by atoms with van der Waals surface area (Å²) in [5, 5.41) is 4.83. The van der Waals surface area contributed by atoms with Gasteiger partial charge in [-0.3, -0.25) is 4.68 Å². The molecule has 25 heavy (non-hydrogen) atoms. The molecule has 0 amide bonds. The molecule has 0 spiro atoms. The van der Waals surface area contributed by atoms with Crippen LogP contribution in [0.5, 0.6) is 0 Å². The molecule has 0 aliphatic carbocycles. The Morgan fingerprint density at radius 3 is 2.72 bits per heavy atom. The third-order valence-corrected chi connectivity index (χ3v) is 6.85. The van der Waals surface area contributed by atoms with Crippen molar-refractivity contribution in [1.29, 1.82) is 0 Å². The van der Waals surface area contributed by atoms with Gasteiger partial charge in [-0.25, -0.2) is 8.42 Å². The predicted octanol–water partition coefficient (Wildman–Crippen LogP) is 2.66. The van der Waals surface area contributed by atoms with Crippen LogP contribution in [-0.2, 0) is 23.6 Å². The highest BCUT2D eigenvalue weighted by atomic mass is 35.5. The summed E-state index contributed by atoms with van der Waals surface area (Å²) in [6, 6.07) is 8.35. The number of halogens is 1. The van der Waals surface area contributed by atoms with E-state index in [1.165, 1.54) is 4.31 Å². The molecule has 136 valence electrons. The fraction of sp³-hybridized carbons (Fsp3) is 0.471. The zero-order valence-corrected chi connectivity index (χ0v) is 16.3. The maximum absolute atomic E-state index is 13.1. The molecule has 1 aliphatic rings. The highest BCUT2D eigenvalue weighted by molar-refractivity contribution is 7.89. The summed E-state index contributed by atoms with van der Waals surface area (Å²) in [4.78, 5) is 2.22. The van der Waals surface area contributed by atoms with Crippen LogP contribution in [0.2, 0.25) is 5.02 Å². The quantitative estimate of drug-likeness (QED) is 0.797. The second-order valence-electron chi connectivity index (χ2n) is 6.63. The van der Waals surface area contributed by atoms with Crippen LogP contribution in [0, 0.1) is 0 Å². The van der Waals surface area contributed by atoms with Crippen molar-refractivity contribution in [2.45, 2.75) is 30.3 Å². The Hall–Kier alpha value is -1.41. The van der Waals surface area contributed by atoms with Crippen LogP contribution in [0.3, 0.4) is 0 Å². The Bertz CT molecular complexity index is 863. The van der Waals surface area contributed by atoms with E-state index in [4.69, 9.17) is 11.6 Å². The minimum absolute atomic E-state index is 0.160. The lowest BCUT2D eigenvalue weighted by Crippen LogP contribution is -2.31.